The minimum Gasteiger partial charge on any atom is -0.337 e. The maximum absolute atomic E-state index is 11.5. The minimum absolute atomic E-state index is 0.00489. The zero-order valence-electron chi connectivity index (χ0n) is 10.8. The summed E-state index contributed by atoms with van der Waals surface area (Å²) in [7, 11) is 0. The van der Waals surface area contributed by atoms with Gasteiger partial charge in [0.1, 0.15) is 0 Å². The van der Waals surface area contributed by atoms with Crippen LogP contribution in [-0.4, -0.2) is 30.6 Å². The summed E-state index contributed by atoms with van der Waals surface area (Å²) < 4.78 is 0. The van der Waals surface area contributed by atoms with E-state index in [1.165, 1.54) is 24.3 Å². The molecule has 0 atom stereocenters. The van der Waals surface area contributed by atoms with Crippen molar-refractivity contribution in [1.29, 1.82) is 0 Å². The van der Waals surface area contributed by atoms with E-state index in [0.717, 1.165) is 13.0 Å². The smallest absolute Gasteiger partial charge is 0.319 e. The molecule has 0 aliphatic rings. The molecule has 0 aliphatic carbocycles. The Bertz CT molecular complexity index is 419. The molecule has 0 saturated carbocycles. The van der Waals surface area contributed by atoms with Crippen LogP contribution >= 0.6 is 0 Å². The first kappa shape index (κ1) is 14.9. The minimum atomic E-state index is -0.483. The second kappa shape index (κ2) is 8.04. The van der Waals surface area contributed by atoms with Gasteiger partial charge in [0.25, 0.3) is 5.69 Å². The number of non-ortho nitro benzene ring substituents is 1. The van der Waals surface area contributed by atoms with Gasteiger partial charge in [-0.25, -0.2) is 4.79 Å². The van der Waals surface area contributed by atoms with Crippen LogP contribution in [0.15, 0.2) is 24.3 Å². The van der Waals surface area contributed by atoms with Crippen LogP contribution in [0.3, 0.4) is 0 Å². The monoisotopic (exact) mass is 266 g/mol. The van der Waals surface area contributed by atoms with Gasteiger partial charge in [0.05, 0.1) is 4.92 Å². The van der Waals surface area contributed by atoms with E-state index < -0.39 is 4.92 Å². The Kier molecular flexibility index (Phi) is 6.31. The first-order chi connectivity index (χ1) is 9.13. The van der Waals surface area contributed by atoms with Crippen LogP contribution < -0.4 is 16.0 Å². The van der Waals surface area contributed by atoms with Gasteiger partial charge in [0.15, 0.2) is 0 Å². The summed E-state index contributed by atoms with van der Waals surface area (Å²) in [4.78, 5) is 21.5. The van der Waals surface area contributed by atoms with Gasteiger partial charge in [-0.05, 0) is 25.1 Å². The lowest BCUT2D eigenvalue weighted by atomic mass is 10.3. The van der Waals surface area contributed by atoms with E-state index in [4.69, 9.17) is 0 Å². The van der Waals surface area contributed by atoms with Crippen LogP contribution in [0.1, 0.15) is 13.3 Å². The number of amides is 2. The number of nitro benzene ring substituents is 1. The fourth-order valence-electron chi connectivity index (χ4n) is 1.41. The quantitative estimate of drug-likeness (QED) is 0.397. The molecule has 1 rings (SSSR count). The van der Waals surface area contributed by atoms with Gasteiger partial charge in [-0.3, -0.25) is 10.1 Å². The van der Waals surface area contributed by atoms with Crippen molar-refractivity contribution in [1.82, 2.24) is 10.6 Å². The summed E-state index contributed by atoms with van der Waals surface area (Å²) >= 11 is 0. The number of hydrogen-bond donors (Lipinski definition) is 3. The summed E-state index contributed by atoms with van der Waals surface area (Å²) in [5, 5.41) is 18.9. The highest BCUT2D eigenvalue weighted by atomic mass is 16.6. The molecule has 1 aromatic carbocycles. The summed E-state index contributed by atoms with van der Waals surface area (Å²) in [5.41, 5.74) is 0.513. The van der Waals surface area contributed by atoms with Crippen LogP contribution in [0.5, 0.6) is 0 Å². The molecule has 0 heterocycles. The Balaban J connectivity index is 2.30. The number of carbonyl (C=O) groups excluding carboxylic acids is 1. The number of rotatable bonds is 7. The third-order valence-corrected chi connectivity index (χ3v) is 2.35. The largest absolute Gasteiger partial charge is 0.337 e. The first-order valence-electron chi connectivity index (χ1n) is 6.13. The van der Waals surface area contributed by atoms with Crippen molar-refractivity contribution >= 4 is 17.4 Å². The predicted molar refractivity (Wildman–Crippen MR) is 73.3 cm³/mol. The van der Waals surface area contributed by atoms with Gasteiger partial charge < -0.3 is 16.0 Å². The normalized spacial score (nSPS) is 9.95. The van der Waals surface area contributed by atoms with Gasteiger partial charge in [-0.2, -0.15) is 0 Å². The molecule has 0 aromatic heterocycles. The SMILES string of the molecule is CCCNCCNC(=O)Nc1ccc([N+](=O)[O-])cc1. The highest BCUT2D eigenvalue weighted by molar-refractivity contribution is 5.89. The molecule has 0 spiro atoms. The maximum atomic E-state index is 11.5. The van der Waals surface area contributed by atoms with E-state index in [1.54, 1.807) is 0 Å². The van der Waals surface area contributed by atoms with Crippen LogP contribution in [0.4, 0.5) is 16.2 Å². The summed E-state index contributed by atoms with van der Waals surface area (Å²) in [6.45, 7) is 4.23. The molecule has 0 bridgehead atoms. The van der Waals surface area contributed by atoms with Crippen molar-refractivity contribution < 1.29 is 9.72 Å². The first-order valence-corrected chi connectivity index (χ1v) is 6.13. The molecule has 104 valence electrons. The number of nitro groups is 1. The average molecular weight is 266 g/mol. The molecule has 7 nitrogen and oxygen atoms in total. The molecule has 3 N–H and O–H groups in total. The molecule has 1 aromatic rings. The number of hydrogen-bond acceptors (Lipinski definition) is 4. The fourth-order valence-corrected chi connectivity index (χ4v) is 1.41. The van der Waals surface area contributed by atoms with Crippen molar-refractivity contribution in [2.24, 2.45) is 0 Å². The molecule has 0 unspecified atom stereocenters. The predicted octanol–water partition coefficient (Wildman–Crippen LogP) is 1.72. The number of benzene rings is 1. The zero-order chi connectivity index (χ0) is 14.1. The number of nitrogens with one attached hydrogen (secondary N) is 3. The van der Waals surface area contributed by atoms with E-state index in [-0.39, 0.29) is 11.7 Å². The highest BCUT2D eigenvalue weighted by Crippen LogP contribution is 2.14. The average Bonchev–Trinajstić information content (AvgIpc) is 2.39. The fraction of sp³-hybridized carbons (Fsp3) is 0.417. The Morgan fingerprint density at radius 3 is 2.47 bits per heavy atom. The van der Waals surface area contributed by atoms with E-state index >= 15 is 0 Å². The third kappa shape index (κ3) is 5.82. The maximum Gasteiger partial charge on any atom is 0.319 e. The lowest BCUT2D eigenvalue weighted by molar-refractivity contribution is -0.384. The number of carbonyl (C=O) groups is 1. The summed E-state index contributed by atoms with van der Waals surface area (Å²) in [6.07, 6.45) is 1.05. The van der Waals surface area contributed by atoms with E-state index in [1.807, 2.05) is 0 Å². The van der Waals surface area contributed by atoms with Gasteiger partial charge in [-0.1, -0.05) is 6.92 Å². The lowest BCUT2D eigenvalue weighted by Crippen LogP contribution is -2.34. The highest BCUT2D eigenvalue weighted by Gasteiger charge is 2.05. The molecule has 7 heteroatoms. The standard InChI is InChI=1S/C12H18N4O3/c1-2-7-13-8-9-14-12(17)15-10-3-5-11(6-4-10)16(18)19/h3-6,13H,2,7-9H2,1H3,(H2,14,15,17). The van der Waals surface area contributed by atoms with Crippen LogP contribution in [0, 0.1) is 10.1 Å². The van der Waals surface area contributed by atoms with Crippen molar-refractivity contribution in [2.75, 3.05) is 25.0 Å². The van der Waals surface area contributed by atoms with Crippen molar-refractivity contribution in [3.8, 4) is 0 Å². The topological polar surface area (TPSA) is 96.3 Å². The Labute approximate surface area is 111 Å². The van der Waals surface area contributed by atoms with Gasteiger partial charge >= 0.3 is 6.03 Å². The molecular formula is C12H18N4O3. The summed E-state index contributed by atoms with van der Waals surface area (Å²) in [5.74, 6) is 0. The second-order valence-electron chi connectivity index (χ2n) is 3.93. The molecule has 19 heavy (non-hydrogen) atoms. The zero-order valence-corrected chi connectivity index (χ0v) is 10.8. The van der Waals surface area contributed by atoms with Crippen molar-refractivity contribution in [3.63, 3.8) is 0 Å². The number of nitrogens with zero attached hydrogens (tertiary/aromatic N) is 1. The molecule has 0 radical (unpaired) electrons. The molecule has 2 amide bonds. The second-order valence-corrected chi connectivity index (χ2v) is 3.93. The Morgan fingerprint density at radius 2 is 1.89 bits per heavy atom. The lowest BCUT2D eigenvalue weighted by Gasteiger charge is -2.07. The van der Waals surface area contributed by atoms with Gasteiger partial charge in [-0.15, -0.1) is 0 Å². The van der Waals surface area contributed by atoms with Crippen molar-refractivity contribution in [2.45, 2.75) is 13.3 Å². The summed E-state index contributed by atoms with van der Waals surface area (Å²) in [6, 6.07) is 5.35. The van der Waals surface area contributed by atoms with E-state index in [2.05, 4.69) is 22.9 Å². The molecule has 0 saturated heterocycles. The van der Waals surface area contributed by atoms with Gasteiger partial charge in [0, 0.05) is 30.9 Å². The van der Waals surface area contributed by atoms with E-state index in [9.17, 15) is 14.9 Å². The molecular weight excluding hydrogens is 248 g/mol. The Hall–Kier alpha value is -2.15. The number of urea groups is 1. The molecule has 0 fully saturated rings. The van der Waals surface area contributed by atoms with Gasteiger partial charge in [0.2, 0.25) is 0 Å². The van der Waals surface area contributed by atoms with Crippen molar-refractivity contribution in [3.05, 3.63) is 34.4 Å². The van der Waals surface area contributed by atoms with Crippen LogP contribution in [-0.2, 0) is 0 Å². The van der Waals surface area contributed by atoms with Crippen LogP contribution in [0.25, 0.3) is 0 Å². The Morgan fingerprint density at radius 1 is 1.21 bits per heavy atom. The van der Waals surface area contributed by atoms with Crippen LogP contribution in [0.2, 0.25) is 0 Å². The number of anilines is 1. The van der Waals surface area contributed by atoms with E-state index in [0.29, 0.717) is 18.8 Å². The third-order valence-electron chi connectivity index (χ3n) is 2.35. The molecule has 0 aliphatic heterocycles.